The molecular weight excluding hydrogens is 465 g/mol. The Morgan fingerprint density at radius 3 is 1.91 bits per heavy atom. The molecule has 1 atom stereocenters. The molecule has 0 heterocycles. The molecule has 2 aromatic carbocycles. The Kier molecular flexibility index (Phi) is 10.2. The predicted octanol–water partition coefficient (Wildman–Crippen LogP) is 4.51. The first-order valence-electron chi connectivity index (χ1n) is 10.7. The van der Waals surface area contributed by atoms with E-state index in [1.54, 1.807) is 36.4 Å². The van der Waals surface area contributed by atoms with E-state index in [4.69, 9.17) is 9.47 Å². The number of methoxy groups -OCH3 is 2. The van der Waals surface area contributed by atoms with Crippen molar-refractivity contribution in [3.05, 3.63) is 70.8 Å². The van der Waals surface area contributed by atoms with Gasteiger partial charge in [-0.3, -0.25) is 9.59 Å². The lowest BCUT2D eigenvalue weighted by Crippen LogP contribution is -2.23. The lowest BCUT2D eigenvalue weighted by Gasteiger charge is -2.13. The standard InChI is InChI=1S/C26H27F3O6/c1-34-24-10-6-18(14-25(24)35-2)5-9-23(33)21(11-12-26(27,28)29)22(32)8-4-17-3-7-19(15-30)20(13-17)16-31/h3-10,13-14,21,30-31H,11-12,15-16H2,1-2H3/b8-4+,9-5+. The highest BCUT2D eigenvalue weighted by atomic mass is 19.4. The molecule has 2 N–H and O–H groups in total. The summed E-state index contributed by atoms with van der Waals surface area (Å²) in [6.45, 7) is -0.613. The summed E-state index contributed by atoms with van der Waals surface area (Å²) in [6.07, 6.45) is -1.62. The van der Waals surface area contributed by atoms with E-state index in [0.29, 0.717) is 33.8 Å². The summed E-state index contributed by atoms with van der Waals surface area (Å²) in [5.74, 6) is -2.17. The van der Waals surface area contributed by atoms with Crippen LogP contribution in [-0.2, 0) is 22.8 Å². The van der Waals surface area contributed by atoms with Crippen LogP contribution in [-0.4, -0.2) is 42.2 Å². The summed E-state index contributed by atoms with van der Waals surface area (Å²) in [4.78, 5) is 25.4. The van der Waals surface area contributed by atoms with Crippen LogP contribution in [0, 0.1) is 5.92 Å². The van der Waals surface area contributed by atoms with E-state index in [-0.39, 0.29) is 13.2 Å². The zero-order valence-corrected chi connectivity index (χ0v) is 19.3. The van der Waals surface area contributed by atoms with Gasteiger partial charge in [0.05, 0.1) is 33.4 Å². The first-order valence-corrected chi connectivity index (χ1v) is 10.7. The number of allylic oxidation sites excluding steroid dienone is 2. The minimum atomic E-state index is -4.52. The van der Waals surface area contributed by atoms with Gasteiger partial charge in [-0.05, 0) is 59.0 Å². The third-order valence-corrected chi connectivity index (χ3v) is 5.26. The molecule has 0 amide bonds. The molecule has 0 fully saturated rings. The average molecular weight is 492 g/mol. The third kappa shape index (κ3) is 8.38. The minimum Gasteiger partial charge on any atom is -0.493 e. The molecule has 188 valence electrons. The molecule has 0 saturated heterocycles. The van der Waals surface area contributed by atoms with E-state index in [9.17, 15) is 33.0 Å². The summed E-state index contributed by atoms with van der Waals surface area (Å²) in [5.41, 5.74) is 1.98. The Bertz CT molecular complexity index is 1010. The second-order valence-electron chi connectivity index (χ2n) is 7.64. The average Bonchev–Trinajstić information content (AvgIpc) is 2.84. The molecule has 0 aliphatic carbocycles. The number of carbonyl (C=O) groups is 2. The van der Waals surface area contributed by atoms with Gasteiger partial charge < -0.3 is 19.7 Å². The molecule has 0 aromatic heterocycles. The van der Waals surface area contributed by atoms with Crippen LogP contribution in [0.5, 0.6) is 11.5 Å². The lowest BCUT2D eigenvalue weighted by atomic mass is 9.92. The fourth-order valence-electron chi connectivity index (χ4n) is 3.33. The van der Waals surface area contributed by atoms with Gasteiger partial charge in [0.25, 0.3) is 0 Å². The van der Waals surface area contributed by atoms with Crippen LogP contribution in [0.4, 0.5) is 13.2 Å². The van der Waals surface area contributed by atoms with Crippen LogP contribution in [0.1, 0.15) is 35.1 Å². The van der Waals surface area contributed by atoms with Crippen molar-refractivity contribution in [2.75, 3.05) is 14.2 Å². The van der Waals surface area contributed by atoms with Gasteiger partial charge in [-0.15, -0.1) is 0 Å². The first-order chi connectivity index (χ1) is 16.6. The van der Waals surface area contributed by atoms with Crippen LogP contribution in [0.2, 0.25) is 0 Å². The topological polar surface area (TPSA) is 93.1 Å². The Hall–Kier alpha value is -3.43. The van der Waals surface area contributed by atoms with Crippen LogP contribution >= 0.6 is 0 Å². The molecule has 0 bridgehead atoms. The zero-order valence-electron chi connectivity index (χ0n) is 19.3. The molecule has 2 rings (SSSR count). The smallest absolute Gasteiger partial charge is 0.389 e. The molecule has 0 aliphatic rings. The van der Waals surface area contributed by atoms with E-state index < -0.39 is 36.5 Å². The van der Waals surface area contributed by atoms with Crippen LogP contribution in [0.3, 0.4) is 0 Å². The maximum Gasteiger partial charge on any atom is 0.389 e. The maximum absolute atomic E-state index is 12.8. The molecule has 0 saturated carbocycles. The number of ether oxygens (including phenoxy) is 2. The van der Waals surface area contributed by atoms with E-state index >= 15 is 0 Å². The second kappa shape index (κ2) is 12.9. The van der Waals surface area contributed by atoms with Crippen molar-refractivity contribution >= 4 is 23.7 Å². The fourth-order valence-corrected chi connectivity index (χ4v) is 3.33. The monoisotopic (exact) mass is 492 g/mol. The number of aliphatic hydroxyl groups is 2. The van der Waals surface area contributed by atoms with E-state index in [0.717, 1.165) is 12.2 Å². The largest absolute Gasteiger partial charge is 0.493 e. The number of aliphatic hydroxyl groups excluding tert-OH is 2. The molecule has 35 heavy (non-hydrogen) atoms. The zero-order chi connectivity index (χ0) is 26.0. The van der Waals surface area contributed by atoms with Gasteiger partial charge in [-0.25, -0.2) is 0 Å². The van der Waals surface area contributed by atoms with Crippen molar-refractivity contribution in [2.24, 2.45) is 5.92 Å². The lowest BCUT2D eigenvalue weighted by molar-refractivity contribution is -0.142. The molecule has 0 radical (unpaired) electrons. The Labute approximate surface area is 201 Å². The molecule has 2 aromatic rings. The van der Waals surface area contributed by atoms with Crippen molar-refractivity contribution in [1.29, 1.82) is 0 Å². The van der Waals surface area contributed by atoms with Crippen molar-refractivity contribution in [2.45, 2.75) is 32.2 Å². The number of rotatable bonds is 12. The Balaban J connectivity index is 2.25. The third-order valence-electron chi connectivity index (χ3n) is 5.26. The van der Waals surface area contributed by atoms with Gasteiger partial charge in [-0.1, -0.05) is 30.4 Å². The van der Waals surface area contributed by atoms with Crippen molar-refractivity contribution in [1.82, 2.24) is 0 Å². The number of benzene rings is 2. The summed E-state index contributed by atoms with van der Waals surface area (Å²) < 4.78 is 48.8. The Morgan fingerprint density at radius 1 is 0.857 bits per heavy atom. The van der Waals surface area contributed by atoms with Crippen molar-refractivity contribution in [3.63, 3.8) is 0 Å². The molecule has 6 nitrogen and oxygen atoms in total. The van der Waals surface area contributed by atoms with Gasteiger partial charge in [0.1, 0.15) is 0 Å². The summed E-state index contributed by atoms with van der Waals surface area (Å²) in [6, 6.07) is 9.52. The molecule has 9 heteroatoms. The van der Waals surface area contributed by atoms with Crippen LogP contribution in [0.25, 0.3) is 12.2 Å². The quantitative estimate of drug-likeness (QED) is 0.335. The van der Waals surface area contributed by atoms with E-state index in [2.05, 4.69) is 0 Å². The Morgan fingerprint density at radius 2 is 1.40 bits per heavy atom. The first kappa shape index (κ1) is 27.8. The SMILES string of the molecule is COc1ccc(/C=C/C(=O)C(CCC(F)(F)F)C(=O)/C=C/c2ccc(CO)c(CO)c2)cc1OC. The predicted molar refractivity (Wildman–Crippen MR) is 125 cm³/mol. The number of ketones is 2. The maximum atomic E-state index is 12.8. The highest BCUT2D eigenvalue weighted by molar-refractivity contribution is 6.13. The number of hydrogen-bond acceptors (Lipinski definition) is 6. The van der Waals surface area contributed by atoms with Crippen LogP contribution in [0.15, 0.2) is 48.6 Å². The number of alkyl halides is 3. The minimum absolute atomic E-state index is 0.279. The molecule has 0 spiro atoms. The van der Waals surface area contributed by atoms with E-state index in [1.807, 2.05) is 0 Å². The van der Waals surface area contributed by atoms with Crippen molar-refractivity contribution < 1.29 is 42.4 Å². The number of halogens is 3. The molecule has 0 aliphatic heterocycles. The van der Waals surface area contributed by atoms with Gasteiger partial charge in [0.2, 0.25) is 0 Å². The number of hydrogen-bond donors (Lipinski definition) is 2. The van der Waals surface area contributed by atoms with Gasteiger partial charge in [0, 0.05) is 6.42 Å². The summed E-state index contributed by atoms with van der Waals surface area (Å²) >= 11 is 0. The summed E-state index contributed by atoms with van der Waals surface area (Å²) in [7, 11) is 2.91. The second-order valence-corrected chi connectivity index (χ2v) is 7.64. The fraction of sp³-hybridized carbons (Fsp3) is 0.308. The highest BCUT2D eigenvalue weighted by Gasteiger charge is 2.32. The molecular formula is C26H27F3O6. The normalized spacial score (nSPS) is 12.8. The summed E-state index contributed by atoms with van der Waals surface area (Å²) in [5, 5.41) is 18.7. The van der Waals surface area contributed by atoms with Gasteiger partial charge in [0.15, 0.2) is 23.1 Å². The number of carbonyl (C=O) groups excluding carboxylic acids is 2. The van der Waals surface area contributed by atoms with E-state index in [1.165, 1.54) is 26.4 Å². The highest BCUT2D eigenvalue weighted by Crippen LogP contribution is 2.29. The van der Waals surface area contributed by atoms with Crippen molar-refractivity contribution in [3.8, 4) is 11.5 Å². The van der Waals surface area contributed by atoms with Gasteiger partial charge in [-0.2, -0.15) is 13.2 Å². The van der Waals surface area contributed by atoms with Gasteiger partial charge >= 0.3 is 6.18 Å². The molecule has 1 unspecified atom stereocenters. The van der Waals surface area contributed by atoms with Crippen LogP contribution < -0.4 is 9.47 Å².